The van der Waals surface area contributed by atoms with Crippen molar-refractivity contribution < 1.29 is 14.0 Å². The molecule has 0 aromatic heterocycles. The number of carbonyl (C=O) groups is 1. The second-order valence-corrected chi connectivity index (χ2v) is 14.2. The third kappa shape index (κ3) is 6.30. The number of allylic oxidation sites excluding steroid dienone is 1. The summed E-state index contributed by atoms with van der Waals surface area (Å²) in [5.41, 5.74) is -0.496. The van der Waals surface area contributed by atoms with Crippen LogP contribution in [0.3, 0.4) is 0 Å². The first-order chi connectivity index (χ1) is 11.3. The average Bonchev–Trinajstić information content (AvgIpc) is 2.82. The molecular formula is C20H37NO3Si. The van der Waals surface area contributed by atoms with Gasteiger partial charge in [0.15, 0.2) is 8.32 Å². The van der Waals surface area contributed by atoms with Crippen molar-refractivity contribution in [3.8, 4) is 0 Å². The van der Waals surface area contributed by atoms with Crippen molar-refractivity contribution in [2.75, 3.05) is 6.61 Å². The maximum Gasteiger partial charge on any atom is 0.414 e. The monoisotopic (exact) mass is 367 g/mol. The van der Waals surface area contributed by atoms with Crippen LogP contribution in [-0.4, -0.2) is 37.6 Å². The fourth-order valence-electron chi connectivity index (χ4n) is 2.49. The first kappa shape index (κ1) is 22.0. The van der Waals surface area contributed by atoms with Crippen molar-refractivity contribution in [3.63, 3.8) is 0 Å². The van der Waals surface area contributed by atoms with Crippen LogP contribution < -0.4 is 0 Å². The number of rotatable bonds is 6. The number of hydrogen-bond donors (Lipinski definition) is 0. The Morgan fingerprint density at radius 1 is 1.24 bits per heavy atom. The van der Waals surface area contributed by atoms with E-state index in [4.69, 9.17) is 9.16 Å². The van der Waals surface area contributed by atoms with E-state index in [0.717, 1.165) is 12.8 Å². The zero-order chi connectivity index (χ0) is 19.5. The SMILES string of the molecule is C=CCC[C@H]1[C@@H](CO[Si](C)(C)C(C)(C)C)C=CN1C(=O)OC(C)(C)C. The zero-order valence-electron chi connectivity index (χ0n) is 17.4. The van der Waals surface area contributed by atoms with Crippen LogP contribution >= 0.6 is 0 Å². The summed E-state index contributed by atoms with van der Waals surface area (Å²) in [6, 6.07) is 0.0672. The minimum Gasteiger partial charge on any atom is -0.443 e. The molecular weight excluding hydrogens is 330 g/mol. The van der Waals surface area contributed by atoms with Crippen LogP contribution in [0.1, 0.15) is 54.4 Å². The van der Waals surface area contributed by atoms with Gasteiger partial charge in [-0.25, -0.2) is 4.79 Å². The van der Waals surface area contributed by atoms with Gasteiger partial charge in [-0.05, 0) is 51.7 Å². The third-order valence-electron chi connectivity index (χ3n) is 5.06. The summed E-state index contributed by atoms with van der Waals surface area (Å²) in [6.07, 6.45) is 7.29. The summed E-state index contributed by atoms with van der Waals surface area (Å²) in [5.74, 6) is 0.196. The van der Waals surface area contributed by atoms with Gasteiger partial charge in [0.1, 0.15) is 5.60 Å². The largest absolute Gasteiger partial charge is 0.443 e. The maximum absolute atomic E-state index is 12.5. The molecule has 2 atom stereocenters. The van der Waals surface area contributed by atoms with Crippen molar-refractivity contribution in [2.24, 2.45) is 5.92 Å². The van der Waals surface area contributed by atoms with Gasteiger partial charge >= 0.3 is 6.09 Å². The van der Waals surface area contributed by atoms with E-state index < -0.39 is 13.9 Å². The van der Waals surface area contributed by atoms with Gasteiger partial charge in [-0.1, -0.05) is 32.9 Å². The standard InChI is InChI=1S/C20H37NO3Si/c1-10-11-12-17-16(15-23-25(8,9)20(5,6)7)13-14-21(17)18(22)24-19(2,3)4/h10,13-14,16-17H,1,11-12,15H2,2-9H3/t16-,17+/m1/s1. The lowest BCUT2D eigenvalue weighted by atomic mass is 9.98. The Kier molecular flexibility index (Phi) is 7.10. The number of ether oxygens (including phenoxy) is 1. The Labute approximate surface area is 155 Å². The predicted molar refractivity (Wildman–Crippen MR) is 107 cm³/mol. The summed E-state index contributed by atoms with van der Waals surface area (Å²) < 4.78 is 12.0. The minimum absolute atomic E-state index is 0.0672. The molecule has 0 unspecified atom stereocenters. The Morgan fingerprint density at radius 3 is 2.32 bits per heavy atom. The second kappa shape index (κ2) is 8.08. The molecule has 4 nitrogen and oxygen atoms in total. The van der Waals surface area contributed by atoms with E-state index in [1.165, 1.54) is 0 Å². The molecule has 1 rings (SSSR count). The molecule has 0 spiro atoms. The second-order valence-electron chi connectivity index (χ2n) is 9.40. The number of nitrogens with zero attached hydrogens (tertiary/aromatic N) is 1. The van der Waals surface area contributed by atoms with Gasteiger partial charge in [-0.15, -0.1) is 6.58 Å². The molecule has 0 aromatic rings. The third-order valence-corrected chi connectivity index (χ3v) is 9.56. The Hall–Kier alpha value is -1.07. The van der Waals surface area contributed by atoms with E-state index >= 15 is 0 Å². The van der Waals surface area contributed by atoms with Gasteiger partial charge in [0, 0.05) is 24.8 Å². The topological polar surface area (TPSA) is 38.8 Å². The molecule has 1 amide bonds. The van der Waals surface area contributed by atoms with Crippen molar-refractivity contribution >= 4 is 14.4 Å². The van der Waals surface area contributed by atoms with E-state index in [9.17, 15) is 4.79 Å². The molecule has 144 valence electrons. The van der Waals surface area contributed by atoms with Gasteiger partial charge in [-0.2, -0.15) is 0 Å². The van der Waals surface area contributed by atoms with Crippen LogP contribution in [0.25, 0.3) is 0 Å². The summed E-state index contributed by atoms with van der Waals surface area (Å²) in [6.45, 7) is 21.4. The van der Waals surface area contributed by atoms with Crippen LogP contribution in [0.2, 0.25) is 18.1 Å². The van der Waals surface area contributed by atoms with E-state index in [1.54, 1.807) is 4.90 Å². The van der Waals surface area contributed by atoms with Crippen LogP contribution in [-0.2, 0) is 9.16 Å². The number of hydrogen-bond acceptors (Lipinski definition) is 3. The highest BCUT2D eigenvalue weighted by atomic mass is 28.4. The van der Waals surface area contributed by atoms with Crippen LogP contribution in [0.4, 0.5) is 4.79 Å². The molecule has 25 heavy (non-hydrogen) atoms. The summed E-state index contributed by atoms with van der Waals surface area (Å²) in [5, 5.41) is 0.177. The first-order valence-electron chi connectivity index (χ1n) is 9.23. The predicted octanol–water partition coefficient (Wildman–Crippen LogP) is 5.72. The molecule has 0 aliphatic carbocycles. The normalized spacial score (nSPS) is 21.5. The molecule has 0 saturated heterocycles. The van der Waals surface area contributed by atoms with Gasteiger partial charge < -0.3 is 9.16 Å². The fourth-order valence-corrected chi connectivity index (χ4v) is 3.53. The number of amides is 1. The van der Waals surface area contributed by atoms with Crippen molar-refractivity contribution in [2.45, 2.75) is 84.2 Å². The molecule has 0 fully saturated rings. The summed E-state index contributed by atoms with van der Waals surface area (Å²) in [4.78, 5) is 14.3. The fraction of sp³-hybridized carbons (Fsp3) is 0.750. The van der Waals surface area contributed by atoms with Crippen LogP contribution in [0.5, 0.6) is 0 Å². The Bertz CT molecular complexity index is 500. The molecule has 0 aromatic carbocycles. The minimum atomic E-state index is -1.81. The van der Waals surface area contributed by atoms with Crippen molar-refractivity contribution in [1.82, 2.24) is 4.90 Å². The van der Waals surface area contributed by atoms with E-state index in [-0.39, 0.29) is 23.1 Å². The molecule has 0 saturated carbocycles. The van der Waals surface area contributed by atoms with Gasteiger partial charge in [0.2, 0.25) is 0 Å². The van der Waals surface area contributed by atoms with Crippen LogP contribution in [0.15, 0.2) is 24.9 Å². The number of carbonyl (C=O) groups excluding carboxylic acids is 1. The first-order valence-corrected chi connectivity index (χ1v) is 12.1. The summed E-state index contributed by atoms with van der Waals surface area (Å²) >= 11 is 0. The molecule has 1 aliphatic heterocycles. The lowest BCUT2D eigenvalue weighted by molar-refractivity contribution is 0.0242. The lowest BCUT2D eigenvalue weighted by Gasteiger charge is -2.38. The van der Waals surface area contributed by atoms with Crippen molar-refractivity contribution in [1.29, 1.82) is 0 Å². The molecule has 5 heteroatoms. The quantitative estimate of drug-likeness (QED) is 0.445. The summed E-state index contributed by atoms with van der Waals surface area (Å²) in [7, 11) is -1.81. The van der Waals surface area contributed by atoms with Gasteiger partial charge in [0.25, 0.3) is 0 Å². The maximum atomic E-state index is 12.5. The Balaban J connectivity index is 2.82. The highest BCUT2D eigenvalue weighted by molar-refractivity contribution is 6.74. The zero-order valence-corrected chi connectivity index (χ0v) is 18.4. The molecule has 0 N–H and O–H groups in total. The Morgan fingerprint density at radius 2 is 1.84 bits per heavy atom. The van der Waals surface area contributed by atoms with Crippen LogP contribution in [0, 0.1) is 5.92 Å². The highest BCUT2D eigenvalue weighted by Gasteiger charge is 2.40. The average molecular weight is 368 g/mol. The van der Waals surface area contributed by atoms with E-state index in [2.05, 4.69) is 46.5 Å². The smallest absolute Gasteiger partial charge is 0.414 e. The van der Waals surface area contributed by atoms with E-state index in [1.807, 2.05) is 33.0 Å². The van der Waals surface area contributed by atoms with Gasteiger partial charge in [-0.3, -0.25) is 4.90 Å². The molecule has 1 heterocycles. The lowest BCUT2D eigenvalue weighted by Crippen LogP contribution is -2.45. The molecule has 1 aliphatic rings. The molecule has 0 radical (unpaired) electrons. The van der Waals surface area contributed by atoms with Gasteiger partial charge in [0.05, 0.1) is 0 Å². The van der Waals surface area contributed by atoms with E-state index in [0.29, 0.717) is 6.61 Å². The van der Waals surface area contributed by atoms with Crippen molar-refractivity contribution in [3.05, 3.63) is 24.9 Å². The highest BCUT2D eigenvalue weighted by Crippen LogP contribution is 2.38. The molecule has 0 bridgehead atoms.